The second-order valence-corrected chi connectivity index (χ2v) is 7.01. The maximum absolute atomic E-state index is 12.0. The topological polar surface area (TPSA) is 109 Å². The third-order valence-electron chi connectivity index (χ3n) is 3.63. The summed E-state index contributed by atoms with van der Waals surface area (Å²) in [4.78, 5) is 22.2. The van der Waals surface area contributed by atoms with Gasteiger partial charge < -0.3 is 10.2 Å². The first-order chi connectivity index (χ1) is 7.69. The van der Waals surface area contributed by atoms with E-state index in [2.05, 4.69) is 0 Å². The van der Waals surface area contributed by atoms with E-state index in [-0.39, 0.29) is 18.6 Å². The highest BCUT2D eigenvalue weighted by Gasteiger charge is 2.60. The van der Waals surface area contributed by atoms with Crippen LogP contribution in [0.3, 0.4) is 0 Å². The molecule has 0 aromatic heterocycles. The van der Waals surface area contributed by atoms with Gasteiger partial charge in [0.2, 0.25) is 0 Å². The van der Waals surface area contributed by atoms with Gasteiger partial charge in [0.25, 0.3) is 0 Å². The summed E-state index contributed by atoms with van der Waals surface area (Å²) in [5.41, 5.74) is 0. The van der Waals surface area contributed by atoms with E-state index in [1.54, 1.807) is 0 Å². The summed E-state index contributed by atoms with van der Waals surface area (Å²) in [6, 6.07) is 0. The van der Waals surface area contributed by atoms with Crippen LogP contribution in [0.25, 0.3) is 0 Å². The molecule has 1 saturated carbocycles. The first-order valence-corrected chi connectivity index (χ1v) is 7.02. The average Bonchev–Trinajstić information content (AvgIpc) is 2.57. The Morgan fingerprint density at radius 3 is 2.18 bits per heavy atom. The first kappa shape index (κ1) is 14.0. The molecule has 1 aliphatic rings. The number of aliphatic carboxylic acids is 2. The molecule has 0 saturated heterocycles. The minimum atomic E-state index is -3.84. The maximum atomic E-state index is 12.0. The molecule has 2 N–H and O–H groups in total. The van der Waals surface area contributed by atoms with E-state index in [0.717, 1.165) is 0 Å². The van der Waals surface area contributed by atoms with Crippen molar-refractivity contribution < 1.29 is 28.2 Å². The van der Waals surface area contributed by atoms with Crippen LogP contribution in [-0.4, -0.2) is 41.1 Å². The van der Waals surface area contributed by atoms with Crippen LogP contribution >= 0.6 is 0 Å². The number of rotatable bonds is 4. The van der Waals surface area contributed by atoms with Crippen LogP contribution in [0, 0.1) is 11.8 Å². The molecule has 0 heterocycles. The molecule has 0 aliphatic heterocycles. The predicted octanol–water partition coefficient (Wildman–Crippen LogP) is 0.375. The van der Waals surface area contributed by atoms with Gasteiger partial charge >= 0.3 is 11.9 Å². The molecule has 0 radical (unpaired) electrons. The lowest BCUT2D eigenvalue weighted by Crippen LogP contribution is -2.49. The molecule has 6 nitrogen and oxygen atoms in total. The summed E-state index contributed by atoms with van der Waals surface area (Å²) >= 11 is 0. The normalized spacial score (nSPS) is 33.5. The molecule has 3 atom stereocenters. The summed E-state index contributed by atoms with van der Waals surface area (Å²) in [6.07, 6.45) is -0.254. The van der Waals surface area contributed by atoms with E-state index in [1.807, 2.05) is 0 Å². The van der Waals surface area contributed by atoms with Gasteiger partial charge in [0.15, 0.2) is 14.6 Å². The van der Waals surface area contributed by atoms with Crippen molar-refractivity contribution >= 4 is 21.8 Å². The molecule has 0 amide bonds. The number of hydrogen-bond acceptors (Lipinski definition) is 4. The van der Waals surface area contributed by atoms with Crippen molar-refractivity contribution in [3.63, 3.8) is 0 Å². The summed E-state index contributed by atoms with van der Waals surface area (Å²) < 4.78 is 22.0. The van der Waals surface area contributed by atoms with Crippen molar-refractivity contribution in [3.05, 3.63) is 0 Å². The van der Waals surface area contributed by atoms with Gasteiger partial charge in [0, 0.05) is 5.75 Å². The number of hydrogen-bond donors (Lipinski definition) is 2. The van der Waals surface area contributed by atoms with Gasteiger partial charge in [-0.1, -0.05) is 13.8 Å². The average molecular weight is 264 g/mol. The molecule has 1 aliphatic carbocycles. The van der Waals surface area contributed by atoms with Crippen molar-refractivity contribution in [1.29, 1.82) is 0 Å². The summed E-state index contributed by atoms with van der Waals surface area (Å²) in [7, 11) is -3.84. The molecule has 0 spiro atoms. The number of carboxylic acid groups (broad SMARTS) is 2. The largest absolute Gasteiger partial charge is 0.481 e. The highest BCUT2D eigenvalue weighted by molar-refractivity contribution is 7.93. The SMILES string of the molecule is CCS(=O)(=O)[C@]1(C(=O)O)C[C@H](C(=O)O)C[C@H]1C. The monoisotopic (exact) mass is 264 g/mol. The van der Waals surface area contributed by atoms with E-state index in [9.17, 15) is 23.1 Å². The molecule has 98 valence electrons. The van der Waals surface area contributed by atoms with Crippen LogP contribution in [0.5, 0.6) is 0 Å². The lowest BCUT2D eigenvalue weighted by molar-refractivity contribution is -0.142. The third-order valence-corrected chi connectivity index (χ3v) is 6.24. The zero-order valence-electron chi connectivity index (χ0n) is 9.71. The van der Waals surface area contributed by atoms with Crippen molar-refractivity contribution in [2.24, 2.45) is 11.8 Å². The molecule has 0 aromatic rings. The molecule has 0 aromatic carbocycles. The van der Waals surface area contributed by atoms with Crippen molar-refractivity contribution in [3.8, 4) is 0 Å². The van der Waals surface area contributed by atoms with Gasteiger partial charge in [-0.05, 0) is 18.8 Å². The second kappa shape index (κ2) is 4.29. The van der Waals surface area contributed by atoms with Gasteiger partial charge in [0.05, 0.1) is 5.92 Å². The Bertz CT molecular complexity index is 440. The fourth-order valence-electron chi connectivity index (χ4n) is 2.58. The van der Waals surface area contributed by atoms with Crippen LogP contribution < -0.4 is 0 Å². The Hall–Kier alpha value is -1.11. The van der Waals surface area contributed by atoms with Crippen LogP contribution in [0.2, 0.25) is 0 Å². The molecule has 0 unspecified atom stereocenters. The molecule has 1 rings (SSSR count). The Morgan fingerprint density at radius 2 is 1.88 bits per heavy atom. The Labute approximate surface area is 99.6 Å². The first-order valence-electron chi connectivity index (χ1n) is 5.37. The fraction of sp³-hybridized carbons (Fsp3) is 0.800. The van der Waals surface area contributed by atoms with Crippen molar-refractivity contribution in [2.45, 2.75) is 31.4 Å². The second-order valence-electron chi connectivity index (χ2n) is 4.47. The lowest BCUT2D eigenvalue weighted by Gasteiger charge is -2.28. The van der Waals surface area contributed by atoms with Gasteiger partial charge in [-0.3, -0.25) is 9.59 Å². The van der Waals surface area contributed by atoms with E-state index in [0.29, 0.717) is 0 Å². The third kappa shape index (κ3) is 1.92. The van der Waals surface area contributed by atoms with Crippen LogP contribution in [0.4, 0.5) is 0 Å². The zero-order valence-corrected chi connectivity index (χ0v) is 10.5. The molecular formula is C10H16O6S. The van der Waals surface area contributed by atoms with Crippen LogP contribution in [0.1, 0.15) is 26.7 Å². The fourth-order valence-corrected chi connectivity index (χ4v) is 4.52. The lowest BCUT2D eigenvalue weighted by atomic mass is 9.97. The molecule has 1 fully saturated rings. The highest BCUT2D eigenvalue weighted by Crippen LogP contribution is 2.45. The standard InChI is InChI=1S/C10H16O6S/c1-3-17(15,16)10(9(13)14)5-7(8(11)12)4-6(10)2/h6-7H,3-5H2,1-2H3,(H,11,12)(H,13,14)/t6-,7-,10-/m1/s1. The van der Waals surface area contributed by atoms with E-state index in [1.165, 1.54) is 13.8 Å². The van der Waals surface area contributed by atoms with Crippen LogP contribution in [0.15, 0.2) is 0 Å². The van der Waals surface area contributed by atoms with Gasteiger partial charge in [-0.15, -0.1) is 0 Å². The molecule has 0 bridgehead atoms. The molecular weight excluding hydrogens is 248 g/mol. The minimum Gasteiger partial charge on any atom is -0.481 e. The van der Waals surface area contributed by atoms with E-state index >= 15 is 0 Å². The van der Waals surface area contributed by atoms with E-state index < -0.39 is 38.4 Å². The summed E-state index contributed by atoms with van der Waals surface area (Å²) in [5.74, 6) is -4.45. The van der Waals surface area contributed by atoms with Gasteiger partial charge in [-0.2, -0.15) is 0 Å². The summed E-state index contributed by atoms with van der Waals surface area (Å²) in [5, 5.41) is 18.1. The molecule has 7 heteroatoms. The Balaban J connectivity index is 3.29. The summed E-state index contributed by atoms with van der Waals surface area (Å²) in [6.45, 7) is 2.87. The number of carbonyl (C=O) groups is 2. The van der Waals surface area contributed by atoms with Crippen LogP contribution in [-0.2, 0) is 19.4 Å². The zero-order chi connectivity index (χ0) is 13.4. The van der Waals surface area contributed by atoms with Crippen molar-refractivity contribution in [1.82, 2.24) is 0 Å². The Kier molecular flexibility index (Phi) is 3.52. The predicted molar refractivity (Wildman–Crippen MR) is 59.4 cm³/mol. The maximum Gasteiger partial charge on any atom is 0.325 e. The van der Waals surface area contributed by atoms with E-state index in [4.69, 9.17) is 5.11 Å². The van der Waals surface area contributed by atoms with Crippen molar-refractivity contribution in [2.75, 3.05) is 5.75 Å². The smallest absolute Gasteiger partial charge is 0.325 e. The van der Waals surface area contributed by atoms with Gasteiger partial charge in [0.1, 0.15) is 0 Å². The quantitative estimate of drug-likeness (QED) is 0.759. The minimum absolute atomic E-state index is 0.0842. The highest BCUT2D eigenvalue weighted by atomic mass is 32.2. The molecule has 17 heavy (non-hydrogen) atoms. The number of sulfone groups is 1. The van der Waals surface area contributed by atoms with Gasteiger partial charge in [-0.25, -0.2) is 8.42 Å². The Morgan fingerprint density at radius 1 is 1.35 bits per heavy atom. The number of carboxylic acids is 2.